The molecule has 7 nitrogen and oxygen atoms in total. The van der Waals surface area contributed by atoms with E-state index in [1.807, 2.05) is 6.92 Å². The van der Waals surface area contributed by atoms with Gasteiger partial charge in [0.2, 0.25) is 0 Å². The Labute approximate surface area is 157 Å². The summed E-state index contributed by atoms with van der Waals surface area (Å²) in [7, 11) is 0. The van der Waals surface area contributed by atoms with E-state index in [0.29, 0.717) is 25.9 Å². The van der Waals surface area contributed by atoms with Crippen molar-refractivity contribution in [3.05, 3.63) is 24.2 Å². The maximum absolute atomic E-state index is 13.3. The topological polar surface area (TPSA) is 109 Å². The number of fused-ring (bicyclic) bond motifs is 1. The van der Waals surface area contributed by atoms with Gasteiger partial charge in [-0.25, -0.2) is 0 Å². The zero-order valence-corrected chi connectivity index (χ0v) is 15.3. The number of rotatable bonds is 2. The second-order valence-corrected chi connectivity index (χ2v) is 8.98. The Morgan fingerprint density at radius 3 is 2.70 bits per heavy atom. The lowest BCUT2D eigenvalue weighted by Crippen LogP contribution is -2.80. The van der Waals surface area contributed by atoms with Crippen LogP contribution < -0.4 is 0 Å². The summed E-state index contributed by atoms with van der Waals surface area (Å²) in [6.45, 7) is 2.00. The summed E-state index contributed by atoms with van der Waals surface area (Å²) in [5.41, 5.74) is -1.71. The summed E-state index contributed by atoms with van der Waals surface area (Å²) in [5, 5.41) is 31.8. The maximum Gasteiger partial charge on any atom is 0.313 e. The van der Waals surface area contributed by atoms with Crippen LogP contribution in [0.1, 0.15) is 44.3 Å². The highest BCUT2D eigenvalue weighted by Crippen LogP contribution is 2.71. The summed E-state index contributed by atoms with van der Waals surface area (Å²) >= 11 is 0. The molecule has 4 aliphatic rings. The number of aliphatic hydroxyl groups is 3. The Kier molecular flexibility index (Phi) is 3.64. The van der Waals surface area contributed by atoms with Crippen molar-refractivity contribution in [3.63, 3.8) is 0 Å². The summed E-state index contributed by atoms with van der Waals surface area (Å²) in [6, 6.07) is 1.80. The van der Waals surface area contributed by atoms with Crippen LogP contribution in [0.3, 0.4) is 0 Å². The monoisotopic (exact) mass is 378 g/mol. The highest BCUT2D eigenvalue weighted by Gasteiger charge is 2.78. The van der Waals surface area contributed by atoms with E-state index in [9.17, 15) is 20.1 Å². The summed E-state index contributed by atoms with van der Waals surface area (Å²) in [4.78, 5) is 13.3. The average Bonchev–Trinajstić information content (AvgIpc) is 3.24. The van der Waals surface area contributed by atoms with E-state index in [2.05, 4.69) is 0 Å². The number of aliphatic hydroxyl groups excluding tert-OH is 3. The smallest absolute Gasteiger partial charge is 0.313 e. The molecular formula is C20H26O7. The van der Waals surface area contributed by atoms with Crippen LogP contribution in [-0.4, -0.2) is 52.3 Å². The van der Waals surface area contributed by atoms with Gasteiger partial charge < -0.3 is 29.2 Å². The number of carbonyl (C=O) groups excluding carboxylic acids is 1. The minimum absolute atomic E-state index is 0.102. The molecule has 148 valence electrons. The van der Waals surface area contributed by atoms with Crippen LogP contribution in [0.15, 0.2) is 23.0 Å². The zero-order valence-electron chi connectivity index (χ0n) is 15.3. The average molecular weight is 378 g/mol. The van der Waals surface area contributed by atoms with Gasteiger partial charge in [0.25, 0.3) is 0 Å². The number of hydrogen-bond acceptors (Lipinski definition) is 7. The largest absolute Gasteiger partial charge is 0.472 e. The van der Waals surface area contributed by atoms with Gasteiger partial charge in [0, 0.05) is 18.4 Å². The van der Waals surface area contributed by atoms with Gasteiger partial charge in [0.1, 0.15) is 11.7 Å². The molecule has 0 amide bonds. The predicted octanol–water partition coefficient (Wildman–Crippen LogP) is 1.17. The molecule has 2 saturated heterocycles. The van der Waals surface area contributed by atoms with E-state index < -0.39 is 34.7 Å². The Morgan fingerprint density at radius 2 is 2.07 bits per heavy atom. The molecule has 3 heterocycles. The fraction of sp³-hybridized carbons (Fsp3) is 0.750. The van der Waals surface area contributed by atoms with Crippen molar-refractivity contribution in [3.8, 4) is 0 Å². The molecule has 5 rings (SSSR count). The fourth-order valence-electron chi connectivity index (χ4n) is 6.72. The van der Waals surface area contributed by atoms with Crippen molar-refractivity contribution >= 4 is 5.97 Å². The van der Waals surface area contributed by atoms with Gasteiger partial charge in [-0.2, -0.15) is 0 Å². The van der Waals surface area contributed by atoms with Gasteiger partial charge in [0.05, 0.1) is 48.8 Å². The Hall–Kier alpha value is -1.41. The minimum Gasteiger partial charge on any atom is -0.472 e. The van der Waals surface area contributed by atoms with Gasteiger partial charge in [0.15, 0.2) is 0 Å². The van der Waals surface area contributed by atoms with E-state index in [4.69, 9.17) is 13.9 Å². The number of ether oxygens (including phenoxy) is 2. The van der Waals surface area contributed by atoms with Crippen molar-refractivity contribution in [2.45, 2.75) is 56.5 Å². The number of cyclic esters (lactones) is 1. The molecular weight excluding hydrogens is 352 g/mol. The first-order chi connectivity index (χ1) is 12.9. The molecule has 2 saturated carbocycles. The zero-order chi connectivity index (χ0) is 19.0. The molecule has 2 aliphatic carbocycles. The third-order valence-electron chi connectivity index (χ3n) is 8.13. The van der Waals surface area contributed by atoms with Crippen LogP contribution in [0, 0.1) is 22.7 Å². The van der Waals surface area contributed by atoms with E-state index in [1.165, 1.54) is 0 Å². The SMILES string of the molecule is C[C@@H]1C[C@@H](O)[C@@]23CO[C@]2(CO)C[C@@H](O)C[C@@H]3[C@@]12C[C@H](c1ccoc1)OC2=O. The Morgan fingerprint density at radius 1 is 1.26 bits per heavy atom. The van der Waals surface area contributed by atoms with Crippen LogP contribution in [0.2, 0.25) is 0 Å². The molecule has 1 aromatic heterocycles. The van der Waals surface area contributed by atoms with Gasteiger partial charge >= 0.3 is 5.97 Å². The second kappa shape index (κ2) is 5.56. The fourth-order valence-corrected chi connectivity index (χ4v) is 6.72. The standard InChI is InChI=1S/C20H26O7/c1-11-4-16(23)20-10-26-18(20,9-21)6-13(22)5-15(20)19(11)7-14(27-17(19)24)12-2-3-25-8-12/h2-3,8,11,13-16,21-23H,4-7,9-10H2,1H3/t11-,13+,14-,15-,16-,18+,19-,20+/m1/s1. The van der Waals surface area contributed by atoms with Crippen LogP contribution in [0.25, 0.3) is 0 Å². The molecule has 0 bridgehead atoms. The molecule has 2 aliphatic heterocycles. The van der Waals surface area contributed by atoms with Gasteiger partial charge in [-0.1, -0.05) is 6.92 Å². The number of carbonyl (C=O) groups is 1. The van der Waals surface area contributed by atoms with Crippen LogP contribution >= 0.6 is 0 Å². The molecule has 0 unspecified atom stereocenters. The van der Waals surface area contributed by atoms with Gasteiger partial charge in [-0.15, -0.1) is 0 Å². The lowest BCUT2D eigenvalue weighted by molar-refractivity contribution is -0.382. The molecule has 8 atom stereocenters. The van der Waals surface area contributed by atoms with Crippen molar-refractivity contribution in [1.29, 1.82) is 0 Å². The number of furan rings is 1. The lowest BCUT2D eigenvalue weighted by atomic mass is 9.39. The predicted molar refractivity (Wildman–Crippen MR) is 91.3 cm³/mol. The molecule has 27 heavy (non-hydrogen) atoms. The molecule has 0 radical (unpaired) electrons. The molecule has 1 aromatic rings. The van der Waals surface area contributed by atoms with Crippen molar-refractivity contribution in [2.24, 2.45) is 22.7 Å². The van der Waals surface area contributed by atoms with Crippen molar-refractivity contribution in [2.75, 3.05) is 13.2 Å². The first-order valence-electron chi connectivity index (χ1n) is 9.74. The Bertz CT molecular complexity index is 744. The number of hydrogen-bond donors (Lipinski definition) is 3. The van der Waals surface area contributed by atoms with Gasteiger partial charge in [-0.3, -0.25) is 4.79 Å². The molecule has 3 N–H and O–H groups in total. The lowest BCUT2D eigenvalue weighted by Gasteiger charge is -2.71. The Balaban J connectivity index is 1.61. The van der Waals surface area contributed by atoms with Crippen molar-refractivity contribution in [1.82, 2.24) is 0 Å². The van der Waals surface area contributed by atoms with Crippen LogP contribution in [0.4, 0.5) is 0 Å². The third-order valence-corrected chi connectivity index (χ3v) is 8.13. The third kappa shape index (κ3) is 1.93. The highest BCUT2D eigenvalue weighted by atomic mass is 16.6. The summed E-state index contributed by atoms with van der Waals surface area (Å²) in [6.07, 6.45) is 3.00. The first kappa shape index (κ1) is 17.7. The molecule has 7 heteroatoms. The number of esters is 1. The quantitative estimate of drug-likeness (QED) is 0.663. The van der Waals surface area contributed by atoms with Gasteiger partial charge in [-0.05, 0) is 30.7 Å². The first-order valence-corrected chi connectivity index (χ1v) is 9.74. The second-order valence-electron chi connectivity index (χ2n) is 8.98. The molecule has 2 spiro atoms. The molecule has 0 aromatic carbocycles. The summed E-state index contributed by atoms with van der Waals surface area (Å²) < 4.78 is 16.8. The van der Waals surface area contributed by atoms with Crippen LogP contribution in [-0.2, 0) is 14.3 Å². The van der Waals surface area contributed by atoms with Crippen LogP contribution in [0.5, 0.6) is 0 Å². The van der Waals surface area contributed by atoms with E-state index >= 15 is 0 Å². The summed E-state index contributed by atoms with van der Waals surface area (Å²) in [5.74, 6) is -0.682. The maximum atomic E-state index is 13.3. The normalized spacial score (nSPS) is 51.4. The van der Waals surface area contributed by atoms with Crippen molar-refractivity contribution < 1.29 is 34.0 Å². The highest BCUT2D eigenvalue weighted by molar-refractivity contribution is 5.81. The van der Waals surface area contributed by atoms with E-state index in [0.717, 1.165) is 5.56 Å². The van der Waals surface area contributed by atoms with E-state index in [1.54, 1.807) is 18.6 Å². The minimum atomic E-state index is -0.990. The van der Waals surface area contributed by atoms with E-state index in [-0.39, 0.29) is 30.8 Å². The molecule has 4 fully saturated rings.